The summed E-state index contributed by atoms with van der Waals surface area (Å²) < 4.78 is 5.68. The fourth-order valence-corrected chi connectivity index (χ4v) is 6.39. The predicted octanol–water partition coefficient (Wildman–Crippen LogP) is 4.55. The van der Waals surface area contributed by atoms with E-state index < -0.39 is 5.60 Å². The quantitative estimate of drug-likeness (QED) is 0.698. The minimum absolute atomic E-state index is 0.172. The van der Waals surface area contributed by atoms with E-state index in [2.05, 4.69) is 0 Å². The van der Waals surface area contributed by atoms with Crippen molar-refractivity contribution in [1.82, 2.24) is 4.90 Å². The highest BCUT2D eigenvalue weighted by atomic mass is 35.5. The van der Waals surface area contributed by atoms with E-state index in [4.69, 9.17) is 27.9 Å². The maximum atomic E-state index is 12.7. The van der Waals surface area contributed by atoms with Gasteiger partial charge in [0.1, 0.15) is 5.75 Å². The second-order valence-electron chi connectivity index (χ2n) is 8.72. The fourth-order valence-electron chi connectivity index (χ4n) is 5.93. The van der Waals surface area contributed by atoms with Crippen LogP contribution < -0.4 is 4.74 Å². The first-order valence-electron chi connectivity index (χ1n) is 9.90. The third-order valence-electron chi connectivity index (χ3n) is 6.72. The molecule has 1 aromatic carbocycles. The van der Waals surface area contributed by atoms with E-state index in [-0.39, 0.29) is 5.91 Å². The van der Waals surface area contributed by atoms with Crippen molar-refractivity contribution < 1.29 is 14.6 Å². The summed E-state index contributed by atoms with van der Waals surface area (Å²) in [5, 5.41) is 11.8. The normalized spacial score (nSPS) is 33.9. The molecular formula is C21H27Cl2NO3. The molecule has 148 valence electrons. The van der Waals surface area contributed by atoms with Crippen LogP contribution in [-0.4, -0.2) is 41.2 Å². The van der Waals surface area contributed by atoms with Gasteiger partial charge in [0.2, 0.25) is 5.91 Å². The summed E-state index contributed by atoms with van der Waals surface area (Å²) in [5.74, 6) is 2.34. The zero-order valence-corrected chi connectivity index (χ0v) is 17.2. The molecule has 0 heterocycles. The lowest BCUT2D eigenvalue weighted by atomic mass is 9.52. The molecule has 0 spiro atoms. The van der Waals surface area contributed by atoms with Gasteiger partial charge < -0.3 is 14.7 Å². The average Bonchev–Trinajstić information content (AvgIpc) is 2.58. The van der Waals surface area contributed by atoms with Crippen LogP contribution in [0.5, 0.6) is 5.75 Å². The summed E-state index contributed by atoms with van der Waals surface area (Å²) >= 11 is 12.0. The highest BCUT2D eigenvalue weighted by molar-refractivity contribution is 6.35. The molecule has 1 amide bonds. The molecule has 0 aromatic heterocycles. The Balaban J connectivity index is 1.27. The van der Waals surface area contributed by atoms with Crippen LogP contribution in [0, 0.1) is 17.8 Å². The smallest absolute Gasteiger partial charge is 0.222 e. The molecule has 0 radical (unpaired) electrons. The van der Waals surface area contributed by atoms with Crippen LogP contribution in [-0.2, 0) is 4.79 Å². The Hall–Kier alpha value is -0.970. The Labute approximate surface area is 170 Å². The van der Waals surface area contributed by atoms with Crippen molar-refractivity contribution in [1.29, 1.82) is 0 Å². The molecule has 4 bridgehead atoms. The van der Waals surface area contributed by atoms with Gasteiger partial charge in [-0.15, -0.1) is 0 Å². The molecule has 0 aliphatic heterocycles. The third kappa shape index (κ3) is 3.94. The molecule has 4 nitrogen and oxygen atoms in total. The van der Waals surface area contributed by atoms with Crippen LogP contribution in [0.2, 0.25) is 10.0 Å². The Kier molecular flexibility index (Phi) is 5.34. The zero-order chi connectivity index (χ0) is 19.2. The lowest BCUT2D eigenvalue weighted by Crippen LogP contribution is -2.61. The molecule has 2 atom stereocenters. The standard InChI is InChI=1S/C21H27Cl2NO3/c1-24(20-14-7-13-8-15(20)12-21(26,10-13)11-14)19(25)3-2-6-27-18-5-4-16(22)9-17(18)23/h4-5,9,13-15,20,26H,2-3,6-8,10-12H2,1H3. The second kappa shape index (κ2) is 7.46. The van der Waals surface area contributed by atoms with Gasteiger partial charge in [-0.3, -0.25) is 4.79 Å². The monoisotopic (exact) mass is 411 g/mol. The van der Waals surface area contributed by atoms with E-state index in [0.717, 1.165) is 19.3 Å². The molecular weight excluding hydrogens is 385 g/mol. The SMILES string of the molecule is CN(C(=O)CCCOc1ccc(Cl)cc1Cl)C1C2CC3CC1CC(O)(C3)C2. The van der Waals surface area contributed by atoms with Crippen molar-refractivity contribution in [3.05, 3.63) is 28.2 Å². The van der Waals surface area contributed by atoms with Crippen LogP contribution in [0.3, 0.4) is 0 Å². The number of aliphatic hydroxyl groups is 1. The number of carbonyl (C=O) groups excluding carboxylic acids is 1. The maximum Gasteiger partial charge on any atom is 0.222 e. The van der Waals surface area contributed by atoms with Gasteiger partial charge in [0.15, 0.2) is 0 Å². The van der Waals surface area contributed by atoms with Crippen LogP contribution in [0.25, 0.3) is 0 Å². The maximum absolute atomic E-state index is 12.7. The van der Waals surface area contributed by atoms with Crippen molar-refractivity contribution in [2.45, 2.75) is 56.6 Å². The van der Waals surface area contributed by atoms with Crippen molar-refractivity contribution in [2.24, 2.45) is 17.8 Å². The minimum Gasteiger partial charge on any atom is -0.492 e. The van der Waals surface area contributed by atoms with E-state index >= 15 is 0 Å². The van der Waals surface area contributed by atoms with Gasteiger partial charge in [-0.05, 0) is 74.5 Å². The third-order valence-corrected chi connectivity index (χ3v) is 7.25. The van der Waals surface area contributed by atoms with Crippen LogP contribution in [0.1, 0.15) is 44.9 Å². The van der Waals surface area contributed by atoms with Crippen molar-refractivity contribution in [3.8, 4) is 5.75 Å². The molecule has 4 fully saturated rings. The summed E-state index contributed by atoms with van der Waals surface area (Å²) in [5.41, 5.74) is -0.456. The first-order valence-corrected chi connectivity index (χ1v) is 10.7. The lowest BCUT2D eigenvalue weighted by molar-refractivity contribution is -0.167. The zero-order valence-electron chi connectivity index (χ0n) is 15.7. The van der Waals surface area contributed by atoms with E-state index in [9.17, 15) is 9.90 Å². The number of amides is 1. The second-order valence-corrected chi connectivity index (χ2v) is 9.56. The van der Waals surface area contributed by atoms with Gasteiger partial charge in [0, 0.05) is 24.5 Å². The lowest BCUT2D eigenvalue weighted by Gasteiger charge is -2.59. The summed E-state index contributed by atoms with van der Waals surface area (Å²) in [6.07, 6.45) is 6.14. The van der Waals surface area contributed by atoms with Gasteiger partial charge in [-0.25, -0.2) is 0 Å². The Morgan fingerprint density at radius 3 is 2.59 bits per heavy atom. The summed E-state index contributed by atoms with van der Waals surface area (Å²) in [7, 11) is 1.94. The van der Waals surface area contributed by atoms with Crippen molar-refractivity contribution in [2.75, 3.05) is 13.7 Å². The minimum atomic E-state index is -0.456. The predicted molar refractivity (Wildman–Crippen MR) is 106 cm³/mol. The van der Waals surface area contributed by atoms with Gasteiger partial charge in [0.05, 0.1) is 17.2 Å². The van der Waals surface area contributed by atoms with Gasteiger partial charge in [0.25, 0.3) is 0 Å². The number of ether oxygens (including phenoxy) is 1. The van der Waals surface area contributed by atoms with Crippen molar-refractivity contribution >= 4 is 29.1 Å². The number of hydrogen-bond donors (Lipinski definition) is 1. The molecule has 0 saturated heterocycles. The Morgan fingerprint density at radius 2 is 1.96 bits per heavy atom. The molecule has 4 aliphatic rings. The number of carbonyl (C=O) groups is 1. The molecule has 4 saturated carbocycles. The highest BCUT2D eigenvalue weighted by Gasteiger charge is 2.56. The van der Waals surface area contributed by atoms with Crippen molar-refractivity contribution in [3.63, 3.8) is 0 Å². The first kappa shape index (κ1) is 19.4. The van der Waals surface area contributed by atoms with E-state index in [1.165, 1.54) is 12.8 Å². The average molecular weight is 412 g/mol. The van der Waals surface area contributed by atoms with Gasteiger partial charge in [-0.2, -0.15) is 0 Å². The fraction of sp³-hybridized carbons (Fsp3) is 0.667. The van der Waals surface area contributed by atoms with Gasteiger partial charge in [-0.1, -0.05) is 23.2 Å². The number of halogens is 2. The number of rotatable bonds is 6. The largest absolute Gasteiger partial charge is 0.492 e. The Morgan fingerprint density at radius 1 is 1.26 bits per heavy atom. The number of benzene rings is 1. The molecule has 1 aromatic rings. The molecule has 27 heavy (non-hydrogen) atoms. The Bertz CT molecular complexity index is 709. The topological polar surface area (TPSA) is 49.8 Å². The molecule has 2 unspecified atom stereocenters. The summed E-state index contributed by atoms with van der Waals surface area (Å²) in [6, 6.07) is 5.43. The molecule has 5 rings (SSSR count). The van der Waals surface area contributed by atoms with Crippen LogP contribution in [0.15, 0.2) is 18.2 Å². The van der Waals surface area contributed by atoms with Crippen LogP contribution in [0.4, 0.5) is 0 Å². The first-order chi connectivity index (χ1) is 12.8. The van der Waals surface area contributed by atoms with Crippen LogP contribution >= 0.6 is 23.2 Å². The molecule has 6 heteroatoms. The summed E-state index contributed by atoms with van der Waals surface area (Å²) in [6.45, 7) is 0.445. The van der Waals surface area contributed by atoms with E-state index in [1.54, 1.807) is 18.2 Å². The van der Waals surface area contributed by atoms with Gasteiger partial charge >= 0.3 is 0 Å². The molecule has 1 N–H and O–H groups in total. The van der Waals surface area contributed by atoms with E-state index in [0.29, 0.717) is 59.0 Å². The van der Waals surface area contributed by atoms with E-state index in [1.807, 2.05) is 11.9 Å². The number of nitrogens with zero attached hydrogens (tertiary/aromatic N) is 1. The molecule has 4 aliphatic carbocycles. The number of hydrogen-bond acceptors (Lipinski definition) is 3. The summed E-state index contributed by atoms with van der Waals surface area (Å²) in [4.78, 5) is 14.7. The highest BCUT2D eigenvalue weighted by Crippen LogP contribution is 2.56.